The Hall–Kier alpha value is -1.40. The van der Waals surface area contributed by atoms with Gasteiger partial charge in [-0.2, -0.15) is 0 Å². The molecule has 0 amide bonds. The van der Waals surface area contributed by atoms with Crippen LogP contribution in [0, 0.1) is 6.92 Å². The summed E-state index contributed by atoms with van der Waals surface area (Å²) in [6, 6.07) is 0. The zero-order valence-corrected chi connectivity index (χ0v) is 12.2. The van der Waals surface area contributed by atoms with Crippen LogP contribution < -0.4 is 10.6 Å². The van der Waals surface area contributed by atoms with Crippen molar-refractivity contribution in [1.29, 1.82) is 0 Å². The highest BCUT2D eigenvalue weighted by Crippen LogP contribution is 2.18. The predicted octanol–water partition coefficient (Wildman–Crippen LogP) is 1.68. The van der Waals surface area contributed by atoms with E-state index < -0.39 is 0 Å². The van der Waals surface area contributed by atoms with Crippen molar-refractivity contribution < 1.29 is 9.47 Å². The molecule has 0 aromatic carbocycles. The number of ether oxygens (including phenoxy) is 2. The molecule has 0 aliphatic rings. The first-order chi connectivity index (χ1) is 9.22. The van der Waals surface area contributed by atoms with Crippen molar-refractivity contribution in [2.45, 2.75) is 26.4 Å². The predicted molar refractivity (Wildman–Crippen MR) is 76.7 cm³/mol. The first-order valence-corrected chi connectivity index (χ1v) is 6.54. The largest absolute Gasteiger partial charge is 0.382 e. The highest BCUT2D eigenvalue weighted by Gasteiger charge is 2.10. The van der Waals surface area contributed by atoms with Gasteiger partial charge in [-0.1, -0.05) is 6.92 Å². The normalized spacial score (nSPS) is 12.2. The van der Waals surface area contributed by atoms with Crippen molar-refractivity contribution in [2.24, 2.45) is 0 Å². The van der Waals surface area contributed by atoms with Crippen LogP contribution in [0.1, 0.15) is 18.9 Å². The van der Waals surface area contributed by atoms with Gasteiger partial charge in [-0.15, -0.1) is 0 Å². The van der Waals surface area contributed by atoms with E-state index in [-0.39, 0.29) is 6.10 Å². The molecule has 0 fully saturated rings. The van der Waals surface area contributed by atoms with Crippen LogP contribution in [0.3, 0.4) is 0 Å². The van der Waals surface area contributed by atoms with Crippen molar-refractivity contribution in [3.63, 3.8) is 0 Å². The van der Waals surface area contributed by atoms with Gasteiger partial charge in [-0.3, -0.25) is 0 Å². The molecule has 6 nitrogen and oxygen atoms in total. The number of methoxy groups -OCH3 is 2. The smallest absolute Gasteiger partial charge is 0.134 e. The van der Waals surface area contributed by atoms with Gasteiger partial charge in [-0.25, -0.2) is 9.97 Å². The van der Waals surface area contributed by atoms with E-state index in [1.807, 2.05) is 6.92 Å². The lowest BCUT2D eigenvalue weighted by Crippen LogP contribution is -2.27. The molecule has 0 radical (unpaired) electrons. The second-order valence-electron chi connectivity index (χ2n) is 4.32. The van der Waals surface area contributed by atoms with E-state index in [1.165, 1.54) is 0 Å². The maximum Gasteiger partial charge on any atom is 0.134 e. The van der Waals surface area contributed by atoms with E-state index in [1.54, 1.807) is 20.5 Å². The number of aromatic nitrogens is 2. The summed E-state index contributed by atoms with van der Waals surface area (Å²) in [4.78, 5) is 8.50. The number of nitrogens with one attached hydrogen (secondary N) is 2. The summed E-state index contributed by atoms with van der Waals surface area (Å²) in [5.41, 5.74) is 1.02. The molecule has 1 rings (SSSR count). The summed E-state index contributed by atoms with van der Waals surface area (Å²) >= 11 is 0. The number of anilines is 2. The molecule has 0 aliphatic heterocycles. The molecule has 0 spiro atoms. The van der Waals surface area contributed by atoms with Gasteiger partial charge in [0.15, 0.2) is 0 Å². The lowest BCUT2D eigenvalue weighted by Gasteiger charge is -2.17. The Morgan fingerprint density at radius 1 is 1.21 bits per heavy atom. The molecule has 2 N–H and O–H groups in total. The van der Waals surface area contributed by atoms with Crippen LogP contribution >= 0.6 is 0 Å². The molecule has 19 heavy (non-hydrogen) atoms. The Morgan fingerprint density at radius 3 is 2.47 bits per heavy atom. The van der Waals surface area contributed by atoms with Crippen LogP contribution in [0.2, 0.25) is 0 Å². The lowest BCUT2D eigenvalue weighted by atomic mass is 10.3. The molecule has 1 unspecified atom stereocenters. The maximum atomic E-state index is 5.30. The fourth-order valence-electron chi connectivity index (χ4n) is 1.66. The SMILES string of the molecule is CCCNc1ncnc(NCC(COC)OC)c1C. The number of nitrogens with zero attached hydrogens (tertiary/aromatic N) is 2. The van der Waals surface area contributed by atoms with Crippen molar-refractivity contribution in [1.82, 2.24) is 9.97 Å². The minimum absolute atomic E-state index is 0.00594. The van der Waals surface area contributed by atoms with Crippen molar-refractivity contribution >= 4 is 11.6 Å². The molecular weight excluding hydrogens is 244 g/mol. The summed E-state index contributed by atoms with van der Waals surface area (Å²) in [5, 5.41) is 6.55. The molecular formula is C13H24N4O2. The first-order valence-electron chi connectivity index (χ1n) is 6.54. The van der Waals surface area contributed by atoms with E-state index in [2.05, 4.69) is 27.5 Å². The van der Waals surface area contributed by atoms with E-state index in [4.69, 9.17) is 9.47 Å². The monoisotopic (exact) mass is 268 g/mol. The van der Waals surface area contributed by atoms with E-state index in [0.717, 1.165) is 30.2 Å². The molecule has 1 aromatic heterocycles. The molecule has 6 heteroatoms. The quantitative estimate of drug-likeness (QED) is 0.710. The van der Waals surface area contributed by atoms with Gasteiger partial charge in [0.2, 0.25) is 0 Å². The maximum absolute atomic E-state index is 5.30. The first kappa shape index (κ1) is 15.7. The second-order valence-corrected chi connectivity index (χ2v) is 4.32. The zero-order chi connectivity index (χ0) is 14.1. The Kier molecular flexibility index (Phi) is 7.14. The summed E-state index contributed by atoms with van der Waals surface area (Å²) in [6.07, 6.45) is 2.63. The molecule has 0 aliphatic carbocycles. The molecule has 0 bridgehead atoms. The van der Waals surface area contributed by atoms with Crippen LogP contribution in [0.25, 0.3) is 0 Å². The summed E-state index contributed by atoms with van der Waals surface area (Å²) < 4.78 is 10.4. The third kappa shape index (κ3) is 5.00. The van der Waals surface area contributed by atoms with Gasteiger partial charge >= 0.3 is 0 Å². The van der Waals surface area contributed by atoms with E-state index >= 15 is 0 Å². The summed E-state index contributed by atoms with van der Waals surface area (Å²) in [6.45, 7) is 6.22. The molecule has 1 atom stereocenters. The Morgan fingerprint density at radius 2 is 1.89 bits per heavy atom. The van der Waals surface area contributed by atoms with Gasteiger partial charge in [0, 0.05) is 32.9 Å². The molecule has 1 aromatic rings. The van der Waals surface area contributed by atoms with Gasteiger partial charge < -0.3 is 20.1 Å². The number of hydrogen-bond donors (Lipinski definition) is 2. The lowest BCUT2D eigenvalue weighted by molar-refractivity contribution is 0.0365. The average Bonchev–Trinajstić information content (AvgIpc) is 2.43. The van der Waals surface area contributed by atoms with Crippen molar-refractivity contribution in [3.8, 4) is 0 Å². The summed E-state index contributed by atoms with van der Waals surface area (Å²) in [5.74, 6) is 1.70. The Balaban J connectivity index is 2.62. The zero-order valence-electron chi connectivity index (χ0n) is 12.2. The van der Waals surface area contributed by atoms with Crippen LogP contribution in [0.4, 0.5) is 11.6 Å². The third-order valence-electron chi connectivity index (χ3n) is 2.81. The Bertz CT molecular complexity index is 374. The number of rotatable bonds is 9. The fourth-order valence-corrected chi connectivity index (χ4v) is 1.66. The third-order valence-corrected chi connectivity index (χ3v) is 2.81. The van der Waals surface area contributed by atoms with Crippen molar-refractivity contribution in [2.75, 3.05) is 44.5 Å². The van der Waals surface area contributed by atoms with Crippen LogP contribution in [0.5, 0.6) is 0 Å². The van der Waals surface area contributed by atoms with E-state index in [0.29, 0.717) is 13.2 Å². The minimum atomic E-state index is 0.00594. The summed E-state index contributed by atoms with van der Waals surface area (Å²) in [7, 11) is 3.33. The highest BCUT2D eigenvalue weighted by molar-refractivity contribution is 5.56. The second kappa shape index (κ2) is 8.66. The fraction of sp³-hybridized carbons (Fsp3) is 0.692. The van der Waals surface area contributed by atoms with Gasteiger partial charge in [0.1, 0.15) is 18.0 Å². The molecule has 108 valence electrons. The number of hydrogen-bond acceptors (Lipinski definition) is 6. The molecule has 0 saturated heterocycles. The van der Waals surface area contributed by atoms with Crippen LogP contribution in [0.15, 0.2) is 6.33 Å². The van der Waals surface area contributed by atoms with Gasteiger partial charge in [-0.05, 0) is 13.3 Å². The van der Waals surface area contributed by atoms with Gasteiger partial charge in [0.05, 0.1) is 12.7 Å². The highest BCUT2D eigenvalue weighted by atomic mass is 16.5. The van der Waals surface area contributed by atoms with Crippen LogP contribution in [-0.2, 0) is 9.47 Å². The van der Waals surface area contributed by atoms with Crippen LogP contribution in [-0.4, -0.2) is 50.0 Å². The Labute approximate surface area is 114 Å². The topological polar surface area (TPSA) is 68.3 Å². The molecule has 0 saturated carbocycles. The standard InChI is InChI=1S/C13H24N4O2/c1-5-6-14-12-10(2)13(17-9-16-12)15-7-11(19-4)8-18-3/h9,11H,5-8H2,1-4H3,(H2,14,15,16,17). The van der Waals surface area contributed by atoms with E-state index in [9.17, 15) is 0 Å². The average molecular weight is 268 g/mol. The van der Waals surface area contributed by atoms with Gasteiger partial charge in [0.25, 0.3) is 0 Å². The minimum Gasteiger partial charge on any atom is -0.382 e. The molecule has 1 heterocycles. The van der Waals surface area contributed by atoms with Crippen molar-refractivity contribution in [3.05, 3.63) is 11.9 Å².